The summed E-state index contributed by atoms with van der Waals surface area (Å²) < 4.78 is 16.2. The fourth-order valence-corrected chi connectivity index (χ4v) is 5.16. The molecule has 1 aliphatic heterocycles. The van der Waals surface area contributed by atoms with Crippen molar-refractivity contribution in [3.8, 4) is 29.1 Å². The van der Waals surface area contributed by atoms with E-state index in [4.69, 9.17) is 19.2 Å². The van der Waals surface area contributed by atoms with Gasteiger partial charge in [0.25, 0.3) is 0 Å². The number of carbonyl (C=O) groups excluding carboxylic acids is 1. The Bertz CT molecular complexity index is 1460. The number of ether oxygens (including phenoxy) is 3. The first kappa shape index (κ1) is 30.6. The van der Waals surface area contributed by atoms with Crippen molar-refractivity contribution < 1.29 is 19.0 Å². The van der Waals surface area contributed by atoms with E-state index in [0.29, 0.717) is 73.0 Å². The van der Waals surface area contributed by atoms with E-state index in [-0.39, 0.29) is 17.2 Å². The third-order valence-corrected chi connectivity index (χ3v) is 7.24. The van der Waals surface area contributed by atoms with Gasteiger partial charge in [0.1, 0.15) is 46.5 Å². The lowest BCUT2D eigenvalue weighted by Gasteiger charge is -2.36. The zero-order chi connectivity index (χ0) is 30.1. The van der Waals surface area contributed by atoms with Crippen LogP contribution in [0.5, 0.6) is 5.75 Å². The van der Waals surface area contributed by atoms with Crippen LogP contribution in [0, 0.1) is 22.7 Å². The Hall–Kier alpha value is -4.39. The monoisotopic (exact) mass is 587 g/mol. The summed E-state index contributed by atoms with van der Waals surface area (Å²) in [6.07, 6.45) is 2.90. The molecule has 0 atom stereocenters. The second-order valence-corrected chi connectivity index (χ2v) is 11.3. The van der Waals surface area contributed by atoms with Crippen molar-refractivity contribution in [1.29, 1.82) is 10.5 Å². The number of methoxy groups -OCH3 is 1. The highest BCUT2D eigenvalue weighted by Crippen LogP contribution is 2.38. The molecule has 12 heteroatoms. The van der Waals surface area contributed by atoms with E-state index < -0.39 is 5.60 Å². The fraction of sp³-hybridized carbons (Fsp3) is 0.400. The van der Waals surface area contributed by atoms with Crippen molar-refractivity contribution in [1.82, 2.24) is 19.9 Å². The topological polar surface area (TPSA) is 137 Å². The molecule has 1 amide bonds. The van der Waals surface area contributed by atoms with E-state index in [2.05, 4.69) is 22.1 Å². The summed E-state index contributed by atoms with van der Waals surface area (Å²) in [6, 6.07) is 13.7. The van der Waals surface area contributed by atoms with Crippen LogP contribution in [0.2, 0.25) is 0 Å². The van der Waals surface area contributed by atoms with E-state index in [1.807, 2.05) is 43.9 Å². The van der Waals surface area contributed by atoms with Crippen molar-refractivity contribution in [2.24, 2.45) is 0 Å². The summed E-state index contributed by atoms with van der Waals surface area (Å²) in [5, 5.41) is 21.2. The number of nitrogens with zero attached hydrogens (tertiary/aromatic N) is 7. The largest absolute Gasteiger partial charge is 0.490 e. The van der Waals surface area contributed by atoms with Crippen LogP contribution in [0.3, 0.4) is 0 Å². The van der Waals surface area contributed by atoms with Gasteiger partial charge in [-0.15, -0.1) is 0 Å². The Morgan fingerprint density at radius 3 is 2.38 bits per heavy atom. The van der Waals surface area contributed by atoms with Gasteiger partial charge in [0.05, 0.1) is 29.8 Å². The van der Waals surface area contributed by atoms with Gasteiger partial charge in [-0.25, -0.2) is 9.78 Å². The lowest BCUT2D eigenvalue weighted by atomic mass is 10.00. The van der Waals surface area contributed by atoms with Crippen molar-refractivity contribution in [3.63, 3.8) is 0 Å². The molecule has 4 heterocycles. The van der Waals surface area contributed by atoms with Gasteiger partial charge in [0.15, 0.2) is 0 Å². The molecule has 3 aromatic heterocycles. The van der Waals surface area contributed by atoms with Crippen LogP contribution in [-0.4, -0.2) is 78.0 Å². The number of anilines is 1. The highest BCUT2D eigenvalue weighted by molar-refractivity contribution is 7.98. The molecular formula is C30H33N7O4S. The fourth-order valence-electron chi connectivity index (χ4n) is 4.26. The van der Waals surface area contributed by atoms with Gasteiger partial charge >= 0.3 is 6.09 Å². The molecule has 1 saturated heterocycles. The third kappa shape index (κ3) is 7.66. The van der Waals surface area contributed by atoms with Crippen LogP contribution in [0.4, 0.5) is 10.6 Å². The minimum atomic E-state index is -0.594. The Balaban J connectivity index is 1.71. The maximum Gasteiger partial charge on any atom is 0.410 e. The molecular weight excluding hydrogens is 554 g/mol. The molecule has 0 unspecified atom stereocenters. The van der Waals surface area contributed by atoms with Crippen molar-refractivity contribution in [3.05, 3.63) is 59.5 Å². The number of hydrogen-bond acceptors (Lipinski definition) is 11. The highest BCUT2D eigenvalue weighted by Gasteiger charge is 2.30. The van der Waals surface area contributed by atoms with E-state index in [1.54, 1.807) is 36.5 Å². The predicted octanol–water partition coefficient (Wildman–Crippen LogP) is 4.66. The molecule has 218 valence electrons. The zero-order valence-electron chi connectivity index (χ0n) is 24.2. The lowest BCUT2D eigenvalue weighted by molar-refractivity contribution is 0.0240. The van der Waals surface area contributed by atoms with Crippen molar-refractivity contribution in [2.45, 2.75) is 37.2 Å². The van der Waals surface area contributed by atoms with Gasteiger partial charge in [-0.05, 0) is 45.0 Å². The molecule has 0 aromatic carbocycles. The standard InChI is InChI=1S/C30H33N7O4S/c1-30(2,3)41-29(38)37-13-11-36(12-14-37)27-23(17-31)26(25-9-8-22(19-34-25)40-16-15-39-4)24(18-32)28(35-27)42-20-21-7-5-6-10-33-21/h5-10,19H,11-16,20H2,1-4H3. The van der Waals surface area contributed by atoms with Gasteiger partial charge in [0, 0.05) is 50.8 Å². The molecule has 1 aliphatic rings. The number of amides is 1. The summed E-state index contributed by atoms with van der Waals surface area (Å²) in [7, 11) is 1.60. The first-order valence-electron chi connectivity index (χ1n) is 13.5. The SMILES string of the molecule is COCCOc1ccc(-c2c(C#N)c(SCc3ccccn3)nc(N3CCN(C(=O)OC(C)(C)C)CC3)c2C#N)nc1. The van der Waals surface area contributed by atoms with Crippen LogP contribution < -0.4 is 9.64 Å². The summed E-state index contributed by atoms with van der Waals surface area (Å²) in [6.45, 7) is 7.99. The molecule has 42 heavy (non-hydrogen) atoms. The number of carbonyl (C=O) groups is 1. The van der Waals surface area contributed by atoms with E-state index in [0.717, 1.165) is 5.69 Å². The van der Waals surface area contributed by atoms with Gasteiger partial charge in [-0.3, -0.25) is 9.97 Å². The Labute approximate surface area is 250 Å². The molecule has 1 fully saturated rings. The van der Waals surface area contributed by atoms with Crippen LogP contribution in [-0.2, 0) is 15.2 Å². The van der Waals surface area contributed by atoms with Gasteiger partial charge in [0.2, 0.25) is 0 Å². The van der Waals surface area contributed by atoms with E-state index in [9.17, 15) is 15.3 Å². The Kier molecular flexibility index (Phi) is 10.2. The quantitative estimate of drug-likeness (QED) is 0.255. The van der Waals surface area contributed by atoms with Crippen LogP contribution in [0.1, 0.15) is 37.6 Å². The third-order valence-electron chi connectivity index (χ3n) is 6.23. The van der Waals surface area contributed by atoms with Crippen molar-refractivity contribution >= 4 is 23.7 Å². The Morgan fingerprint density at radius 2 is 1.79 bits per heavy atom. The van der Waals surface area contributed by atoms with Crippen LogP contribution >= 0.6 is 11.8 Å². The number of piperazine rings is 1. The smallest absolute Gasteiger partial charge is 0.410 e. The summed E-state index contributed by atoms with van der Waals surface area (Å²) >= 11 is 1.38. The van der Waals surface area contributed by atoms with Gasteiger partial charge in [-0.2, -0.15) is 10.5 Å². The average Bonchev–Trinajstić information content (AvgIpc) is 2.99. The minimum Gasteiger partial charge on any atom is -0.490 e. The predicted molar refractivity (Wildman–Crippen MR) is 158 cm³/mol. The first-order valence-corrected chi connectivity index (χ1v) is 14.4. The summed E-state index contributed by atoms with van der Waals surface area (Å²) in [4.78, 5) is 30.0. The van der Waals surface area contributed by atoms with Gasteiger partial charge < -0.3 is 24.0 Å². The maximum absolute atomic E-state index is 12.6. The molecule has 3 aromatic rings. The number of nitriles is 2. The molecule has 11 nitrogen and oxygen atoms in total. The summed E-state index contributed by atoms with van der Waals surface area (Å²) in [5.74, 6) is 1.48. The number of rotatable bonds is 9. The molecule has 0 bridgehead atoms. The number of aromatic nitrogens is 3. The second-order valence-electron chi connectivity index (χ2n) is 10.4. The Morgan fingerprint density at radius 1 is 1.02 bits per heavy atom. The zero-order valence-corrected chi connectivity index (χ0v) is 25.0. The molecule has 0 radical (unpaired) electrons. The summed E-state index contributed by atoms with van der Waals surface area (Å²) in [5.41, 5.74) is 1.62. The molecule has 4 rings (SSSR count). The molecule has 0 saturated carbocycles. The number of pyridine rings is 3. The minimum absolute atomic E-state index is 0.250. The average molecular weight is 588 g/mol. The van der Waals surface area contributed by atoms with E-state index in [1.165, 1.54) is 11.8 Å². The molecule has 0 aliphatic carbocycles. The van der Waals surface area contributed by atoms with Crippen LogP contribution in [0.25, 0.3) is 11.3 Å². The normalized spacial score (nSPS) is 13.3. The second kappa shape index (κ2) is 14.0. The lowest BCUT2D eigenvalue weighted by Crippen LogP contribution is -2.50. The maximum atomic E-state index is 12.6. The number of hydrogen-bond donors (Lipinski definition) is 0. The van der Waals surface area contributed by atoms with Crippen molar-refractivity contribution in [2.75, 3.05) is 51.4 Å². The van der Waals surface area contributed by atoms with Crippen LogP contribution in [0.15, 0.2) is 47.8 Å². The number of thioether (sulfide) groups is 1. The molecule has 0 spiro atoms. The van der Waals surface area contributed by atoms with E-state index >= 15 is 0 Å². The molecule has 0 N–H and O–H groups in total. The highest BCUT2D eigenvalue weighted by atomic mass is 32.2. The van der Waals surface area contributed by atoms with Gasteiger partial charge in [-0.1, -0.05) is 17.8 Å². The first-order chi connectivity index (χ1) is 20.2.